The van der Waals surface area contributed by atoms with Crippen LogP contribution in [-0.2, 0) is 0 Å². The zero-order chi connectivity index (χ0) is 26.6. The van der Waals surface area contributed by atoms with E-state index >= 15 is 0 Å². The van der Waals surface area contributed by atoms with Gasteiger partial charge in [0.15, 0.2) is 0 Å². The Morgan fingerprint density at radius 1 is 0.605 bits per heavy atom. The largest absolute Gasteiger partial charge is 0.545 e. The fourth-order valence-electron chi connectivity index (χ4n) is 3.65. The average Bonchev–Trinajstić information content (AvgIpc) is 2.89. The van der Waals surface area contributed by atoms with Gasteiger partial charge in [-0.05, 0) is 54.4 Å². The minimum Gasteiger partial charge on any atom is -0.545 e. The summed E-state index contributed by atoms with van der Waals surface area (Å²) in [5, 5.41) is 32.3. The quantitative estimate of drug-likeness (QED) is 0.283. The Morgan fingerprint density at radius 3 is 1.61 bits per heavy atom. The number of nitrogens with one attached hydrogen (secondary N) is 3. The third-order valence-corrected chi connectivity index (χ3v) is 5.49. The first-order valence-electron chi connectivity index (χ1n) is 11.4. The molecular formula is C27H19N7O4-2. The molecular weight excluding hydrogens is 486 g/mol. The highest BCUT2D eigenvalue weighted by molar-refractivity contribution is 5.92. The molecule has 0 aliphatic carbocycles. The van der Waals surface area contributed by atoms with Crippen molar-refractivity contribution in [1.82, 2.24) is 19.9 Å². The number of carboxylic acids is 2. The number of para-hydroxylation sites is 1. The maximum atomic E-state index is 11.1. The van der Waals surface area contributed by atoms with Gasteiger partial charge in [0.1, 0.15) is 0 Å². The minimum atomic E-state index is -1.28. The summed E-state index contributed by atoms with van der Waals surface area (Å²) in [6, 6.07) is 21.5. The van der Waals surface area contributed by atoms with E-state index in [1.54, 1.807) is 24.3 Å². The zero-order valence-electron chi connectivity index (χ0n) is 19.9. The summed E-state index contributed by atoms with van der Waals surface area (Å²) in [4.78, 5) is 40.1. The van der Waals surface area contributed by atoms with E-state index < -0.39 is 11.9 Å². The Hall–Kier alpha value is -5.58. The highest BCUT2D eigenvalue weighted by Crippen LogP contribution is 2.26. The van der Waals surface area contributed by atoms with Crippen LogP contribution in [0.5, 0.6) is 0 Å². The first-order valence-corrected chi connectivity index (χ1v) is 11.4. The maximum Gasteiger partial charge on any atom is 0.233 e. The number of aromatic nitrogens is 4. The molecule has 0 saturated heterocycles. The maximum absolute atomic E-state index is 11.1. The topological polar surface area (TPSA) is 168 Å². The van der Waals surface area contributed by atoms with Gasteiger partial charge in [-0.2, -0.15) is 15.0 Å². The lowest BCUT2D eigenvalue weighted by molar-refractivity contribution is -0.256. The first kappa shape index (κ1) is 24.1. The van der Waals surface area contributed by atoms with Gasteiger partial charge in [0.25, 0.3) is 0 Å². The van der Waals surface area contributed by atoms with Gasteiger partial charge < -0.3 is 35.8 Å². The number of fused-ring (bicyclic) bond motifs is 1. The molecule has 5 aromatic rings. The third kappa shape index (κ3) is 5.46. The number of aryl methyl sites for hydroxylation is 1. The monoisotopic (exact) mass is 505 g/mol. The first-order chi connectivity index (χ1) is 18.3. The molecule has 0 fully saturated rings. The van der Waals surface area contributed by atoms with Crippen LogP contribution in [-0.4, -0.2) is 31.9 Å². The van der Waals surface area contributed by atoms with Gasteiger partial charge in [0.2, 0.25) is 17.8 Å². The molecule has 11 heteroatoms. The molecule has 0 aliphatic heterocycles. The van der Waals surface area contributed by atoms with Crippen molar-refractivity contribution >= 4 is 57.7 Å². The van der Waals surface area contributed by atoms with Crippen LogP contribution in [0, 0.1) is 6.92 Å². The van der Waals surface area contributed by atoms with Crippen LogP contribution < -0.4 is 26.2 Å². The molecule has 0 spiro atoms. The normalized spacial score (nSPS) is 10.7. The lowest BCUT2D eigenvalue weighted by atomic mass is 10.2. The number of hydrogen-bond acceptors (Lipinski definition) is 11. The molecule has 0 bridgehead atoms. The van der Waals surface area contributed by atoms with E-state index in [-0.39, 0.29) is 29.0 Å². The molecule has 0 unspecified atom stereocenters. The van der Waals surface area contributed by atoms with E-state index in [1.165, 1.54) is 24.3 Å². The summed E-state index contributed by atoms with van der Waals surface area (Å²) in [5.74, 6) is -2.01. The summed E-state index contributed by atoms with van der Waals surface area (Å²) in [6.07, 6.45) is 0. The highest BCUT2D eigenvalue weighted by Gasteiger charge is 2.11. The van der Waals surface area contributed by atoms with Crippen molar-refractivity contribution < 1.29 is 19.8 Å². The van der Waals surface area contributed by atoms with Crippen molar-refractivity contribution in [1.29, 1.82) is 0 Å². The molecule has 0 amide bonds. The van der Waals surface area contributed by atoms with Crippen LogP contribution in [0.15, 0.2) is 78.9 Å². The standard InChI is InChI=1S/C27H21N7O4/c1-15-5-6-16-3-2-4-21(22(16)28-15)31-27-33-25(29-19-11-7-17(8-12-19)23(35)36)32-26(34-27)30-20-13-9-18(10-14-20)24(37)38/h2-14H,1H3,(H,35,36)(H,37,38)(H3,29,30,31,32,33,34)/p-2. The third-order valence-electron chi connectivity index (χ3n) is 5.49. The Bertz CT molecular complexity index is 1580. The summed E-state index contributed by atoms with van der Waals surface area (Å²) in [6.45, 7) is 1.90. The second-order valence-corrected chi connectivity index (χ2v) is 8.24. The molecule has 0 aliphatic rings. The Balaban J connectivity index is 1.50. The smallest absolute Gasteiger partial charge is 0.233 e. The molecule has 38 heavy (non-hydrogen) atoms. The second kappa shape index (κ2) is 10.2. The van der Waals surface area contributed by atoms with Gasteiger partial charge in [0, 0.05) is 22.5 Å². The lowest BCUT2D eigenvalue weighted by Crippen LogP contribution is -2.21. The van der Waals surface area contributed by atoms with E-state index in [4.69, 9.17) is 0 Å². The van der Waals surface area contributed by atoms with Gasteiger partial charge in [-0.25, -0.2) is 0 Å². The number of nitrogens with zero attached hydrogens (tertiary/aromatic N) is 4. The molecule has 188 valence electrons. The molecule has 0 atom stereocenters. The number of carbonyl (C=O) groups excluding carboxylic acids is 2. The number of carbonyl (C=O) groups is 2. The average molecular weight is 505 g/mol. The van der Waals surface area contributed by atoms with E-state index in [0.29, 0.717) is 17.1 Å². The minimum absolute atomic E-state index is 0.0367. The van der Waals surface area contributed by atoms with Crippen molar-refractivity contribution in [2.24, 2.45) is 0 Å². The van der Waals surface area contributed by atoms with Crippen LogP contribution in [0.25, 0.3) is 10.9 Å². The SMILES string of the molecule is Cc1ccc2cccc(Nc3nc(Nc4ccc(C(=O)[O-])cc4)nc(Nc4ccc(C(=O)[O-])cc4)n3)c2n1. The fourth-order valence-corrected chi connectivity index (χ4v) is 3.65. The number of rotatable bonds is 8. The Labute approximate surface area is 216 Å². The van der Waals surface area contributed by atoms with Crippen molar-refractivity contribution in [3.05, 3.63) is 95.7 Å². The van der Waals surface area contributed by atoms with Crippen LogP contribution in [0.1, 0.15) is 26.4 Å². The van der Waals surface area contributed by atoms with E-state index in [9.17, 15) is 19.8 Å². The number of hydrogen-bond donors (Lipinski definition) is 3. The summed E-state index contributed by atoms with van der Waals surface area (Å²) < 4.78 is 0. The molecule has 11 nitrogen and oxygen atoms in total. The molecule has 0 radical (unpaired) electrons. The predicted molar refractivity (Wildman–Crippen MR) is 138 cm³/mol. The molecule has 2 aromatic heterocycles. The number of anilines is 6. The van der Waals surface area contributed by atoms with Crippen molar-refractivity contribution in [3.63, 3.8) is 0 Å². The van der Waals surface area contributed by atoms with E-state index in [2.05, 4.69) is 35.9 Å². The fraction of sp³-hybridized carbons (Fsp3) is 0.0370. The van der Waals surface area contributed by atoms with Crippen LogP contribution >= 0.6 is 0 Å². The highest BCUT2D eigenvalue weighted by atomic mass is 16.4. The van der Waals surface area contributed by atoms with Gasteiger partial charge in [-0.15, -0.1) is 0 Å². The van der Waals surface area contributed by atoms with Gasteiger partial charge >= 0.3 is 0 Å². The Kier molecular flexibility index (Phi) is 6.47. The van der Waals surface area contributed by atoms with Gasteiger partial charge in [-0.3, -0.25) is 4.98 Å². The van der Waals surface area contributed by atoms with Gasteiger partial charge in [-0.1, -0.05) is 42.5 Å². The number of carboxylic acid groups (broad SMARTS) is 2. The lowest BCUT2D eigenvalue weighted by Gasteiger charge is -2.13. The predicted octanol–water partition coefficient (Wildman–Crippen LogP) is 2.69. The number of pyridine rings is 1. The molecule has 0 saturated carbocycles. The molecule has 2 heterocycles. The van der Waals surface area contributed by atoms with Crippen LogP contribution in [0.3, 0.4) is 0 Å². The van der Waals surface area contributed by atoms with Crippen molar-refractivity contribution in [3.8, 4) is 0 Å². The van der Waals surface area contributed by atoms with Gasteiger partial charge in [0.05, 0.1) is 23.1 Å². The summed E-state index contributed by atoms with van der Waals surface area (Å²) >= 11 is 0. The second-order valence-electron chi connectivity index (χ2n) is 8.24. The Morgan fingerprint density at radius 2 is 1.11 bits per heavy atom. The van der Waals surface area contributed by atoms with Crippen molar-refractivity contribution in [2.75, 3.05) is 16.0 Å². The molecule has 3 aromatic carbocycles. The molecule has 3 N–H and O–H groups in total. The number of benzene rings is 3. The number of aromatic carboxylic acids is 2. The van der Waals surface area contributed by atoms with Crippen LogP contribution in [0.2, 0.25) is 0 Å². The zero-order valence-corrected chi connectivity index (χ0v) is 19.9. The van der Waals surface area contributed by atoms with Crippen LogP contribution in [0.4, 0.5) is 34.9 Å². The van der Waals surface area contributed by atoms with Crippen molar-refractivity contribution in [2.45, 2.75) is 6.92 Å². The summed E-state index contributed by atoms with van der Waals surface area (Å²) in [5.41, 5.74) is 3.44. The molecule has 5 rings (SSSR count). The van der Waals surface area contributed by atoms with E-state index in [0.717, 1.165) is 16.6 Å². The summed E-state index contributed by atoms with van der Waals surface area (Å²) in [7, 11) is 0. The van der Waals surface area contributed by atoms with E-state index in [1.807, 2.05) is 37.3 Å².